The van der Waals surface area contributed by atoms with Gasteiger partial charge in [-0.15, -0.1) is 11.6 Å². The van der Waals surface area contributed by atoms with Gasteiger partial charge in [0.2, 0.25) is 0 Å². The third-order valence-electron chi connectivity index (χ3n) is 7.78. The average molecular weight is 806 g/mol. The van der Waals surface area contributed by atoms with Crippen LogP contribution in [0.4, 0.5) is 0 Å². The van der Waals surface area contributed by atoms with Crippen molar-refractivity contribution in [2.24, 2.45) is 0 Å². The highest BCUT2D eigenvalue weighted by Gasteiger charge is 1.98. The topological polar surface area (TPSA) is 120 Å². The van der Waals surface area contributed by atoms with Crippen LogP contribution < -0.4 is 0 Å². The Kier molecular flexibility index (Phi) is 52.5. The lowest BCUT2D eigenvalue weighted by atomic mass is 10.1. The summed E-state index contributed by atoms with van der Waals surface area (Å²) in [6.45, 7) is 16.9. The predicted molar refractivity (Wildman–Crippen MR) is 212 cm³/mol. The molecule has 0 saturated heterocycles. The molecular weight excluding hydrogens is 724 g/mol. The predicted octanol–water partition coefficient (Wildman–Crippen LogP) is 6.14. The molecule has 0 aromatic carbocycles. The number of halogens is 1. The van der Waals surface area contributed by atoms with Gasteiger partial charge in [0.05, 0.1) is 159 Å². The van der Waals surface area contributed by atoms with E-state index in [1.807, 2.05) is 0 Å². The second-order valence-electron chi connectivity index (χ2n) is 12.5. The maximum Gasteiger partial charge on any atom is 0.0701 e. The lowest BCUT2D eigenvalue weighted by Crippen LogP contribution is -2.15. The van der Waals surface area contributed by atoms with E-state index in [-0.39, 0.29) is 0 Å². The van der Waals surface area contributed by atoms with Gasteiger partial charge in [-0.2, -0.15) is 0 Å². The van der Waals surface area contributed by atoms with Crippen LogP contribution in [-0.4, -0.2) is 178 Å². The molecule has 0 N–H and O–H groups in total. The molecule has 0 aromatic rings. The molecule has 13 nitrogen and oxygen atoms in total. The summed E-state index contributed by atoms with van der Waals surface area (Å²) in [5.41, 5.74) is 0. The Labute approximate surface area is 334 Å². The average Bonchev–Trinajstić information content (AvgIpc) is 3.18. The molecule has 0 aliphatic rings. The fraction of sp³-hybridized carbons (Fsp3) is 1.00. The monoisotopic (exact) mass is 805 g/mol. The van der Waals surface area contributed by atoms with E-state index in [2.05, 4.69) is 6.92 Å². The molecule has 0 spiro atoms. The SMILES string of the molecule is CCCCCCCCCCOCCOCCOCCOCCOCCOCCOCCOCCOCCOCCOCCOCCOCCCCCCCl. The molecular formula is C40H81ClO13. The van der Waals surface area contributed by atoms with Gasteiger partial charge >= 0.3 is 0 Å². The number of rotatable bonds is 51. The Morgan fingerprint density at radius 3 is 0.574 bits per heavy atom. The van der Waals surface area contributed by atoms with Crippen LogP contribution in [-0.2, 0) is 61.6 Å². The van der Waals surface area contributed by atoms with E-state index in [1.165, 1.54) is 57.8 Å². The Bertz CT molecular complexity index is 591. The van der Waals surface area contributed by atoms with Crippen LogP contribution in [0.15, 0.2) is 0 Å². The van der Waals surface area contributed by atoms with Gasteiger partial charge in [0.1, 0.15) is 0 Å². The number of ether oxygens (including phenoxy) is 13. The lowest BCUT2D eigenvalue weighted by Gasteiger charge is -2.09. The summed E-state index contributed by atoms with van der Waals surface area (Å²) in [6.07, 6.45) is 15.0. The van der Waals surface area contributed by atoms with Gasteiger partial charge in [0.25, 0.3) is 0 Å². The summed E-state index contributed by atoms with van der Waals surface area (Å²) in [5, 5.41) is 0. The smallest absolute Gasteiger partial charge is 0.0701 e. The van der Waals surface area contributed by atoms with Gasteiger partial charge in [0, 0.05) is 19.1 Å². The second-order valence-corrected chi connectivity index (χ2v) is 12.9. The Hall–Kier alpha value is -0.230. The molecule has 54 heavy (non-hydrogen) atoms. The molecule has 0 unspecified atom stereocenters. The largest absolute Gasteiger partial charge is 0.379 e. The second kappa shape index (κ2) is 52.8. The summed E-state index contributed by atoms with van der Waals surface area (Å²) in [4.78, 5) is 0. The summed E-state index contributed by atoms with van der Waals surface area (Å²) in [5.74, 6) is 0.744. The minimum absolute atomic E-state index is 0.514. The zero-order valence-corrected chi connectivity index (χ0v) is 35.0. The summed E-state index contributed by atoms with van der Waals surface area (Å²) in [6, 6.07) is 0. The zero-order chi connectivity index (χ0) is 38.8. The normalized spacial score (nSPS) is 11.7. The quantitative estimate of drug-likeness (QED) is 0.0518. The first-order valence-corrected chi connectivity index (χ1v) is 21.5. The first-order valence-electron chi connectivity index (χ1n) is 21.0. The summed E-state index contributed by atoms with van der Waals surface area (Å²) >= 11 is 5.66. The van der Waals surface area contributed by atoms with Crippen molar-refractivity contribution in [3.05, 3.63) is 0 Å². The van der Waals surface area contributed by atoms with Crippen LogP contribution in [0.3, 0.4) is 0 Å². The van der Waals surface area contributed by atoms with Gasteiger partial charge in [0.15, 0.2) is 0 Å². The van der Waals surface area contributed by atoms with E-state index in [0.717, 1.165) is 38.4 Å². The highest BCUT2D eigenvalue weighted by atomic mass is 35.5. The van der Waals surface area contributed by atoms with E-state index >= 15 is 0 Å². The number of alkyl halides is 1. The van der Waals surface area contributed by atoms with Crippen molar-refractivity contribution in [2.45, 2.75) is 84.0 Å². The van der Waals surface area contributed by atoms with Crippen molar-refractivity contribution < 1.29 is 61.6 Å². The zero-order valence-electron chi connectivity index (χ0n) is 34.3. The minimum atomic E-state index is 0.514. The van der Waals surface area contributed by atoms with Crippen LogP contribution >= 0.6 is 11.6 Å². The van der Waals surface area contributed by atoms with Gasteiger partial charge in [-0.1, -0.05) is 64.7 Å². The Morgan fingerprint density at radius 2 is 0.370 bits per heavy atom. The first kappa shape index (κ1) is 53.8. The molecule has 0 aliphatic heterocycles. The van der Waals surface area contributed by atoms with Gasteiger partial charge < -0.3 is 61.6 Å². The van der Waals surface area contributed by atoms with Gasteiger partial charge in [-0.05, 0) is 19.3 Å². The maximum absolute atomic E-state index is 5.66. The first-order chi connectivity index (χ1) is 26.9. The number of unbranched alkanes of at least 4 members (excludes halogenated alkanes) is 10. The molecule has 0 rings (SSSR count). The van der Waals surface area contributed by atoms with Crippen molar-refractivity contribution in [1.29, 1.82) is 0 Å². The van der Waals surface area contributed by atoms with Crippen LogP contribution in [0.2, 0.25) is 0 Å². The molecule has 0 aliphatic carbocycles. The van der Waals surface area contributed by atoms with E-state index in [9.17, 15) is 0 Å². The third kappa shape index (κ3) is 51.8. The summed E-state index contributed by atoms with van der Waals surface area (Å²) < 4.78 is 71.8. The minimum Gasteiger partial charge on any atom is -0.379 e. The van der Waals surface area contributed by atoms with E-state index < -0.39 is 0 Å². The number of hydrogen-bond donors (Lipinski definition) is 0. The van der Waals surface area contributed by atoms with Crippen molar-refractivity contribution in [2.75, 3.05) is 178 Å². The van der Waals surface area contributed by atoms with E-state index in [1.54, 1.807) is 0 Å². The van der Waals surface area contributed by atoms with Crippen LogP contribution in [0.25, 0.3) is 0 Å². The highest BCUT2D eigenvalue weighted by Crippen LogP contribution is 2.08. The Balaban J connectivity index is 3.05. The molecule has 0 saturated carbocycles. The third-order valence-corrected chi connectivity index (χ3v) is 8.05. The molecule has 0 heterocycles. The van der Waals surface area contributed by atoms with Crippen LogP contribution in [0, 0.1) is 0 Å². The van der Waals surface area contributed by atoms with Gasteiger partial charge in [-0.25, -0.2) is 0 Å². The van der Waals surface area contributed by atoms with Crippen molar-refractivity contribution in [3.8, 4) is 0 Å². The molecule has 0 aromatic heterocycles. The molecule has 0 atom stereocenters. The maximum atomic E-state index is 5.66. The molecule has 326 valence electrons. The standard InChI is InChI=1S/C40H81ClO13/c1-2-3-4-5-6-7-9-12-15-42-17-19-44-21-23-46-25-27-48-29-31-50-33-35-52-37-39-54-40-38-53-36-34-51-32-30-49-28-26-47-24-22-45-20-18-43-16-13-10-8-11-14-41/h2-40H2,1H3. The molecule has 0 bridgehead atoms. The molecule has 0 radical (unpaired) electrons. The summed E-state index contributed by atoms with van der Waals surface area (Å²) in [7, 11) is 0. The molecule has 0 amide bonds. The van der Waals surface area contributed by atoms with Crippen molar-refractivity contribution >= 4 is 11.6 Å². The molecule has 0 fully saturated rings. The van der Waals surface area contributed by atoms with Crippen molar-refractivity contribution in [3.63, 3.8) is 0 Å². The molecule has 14 heteroatoms. The highest BCUT2D eigenvalue weighted by molar-refractivity contribution is 6.17. The van der Waals surface area contributed by atoms with Crippen LogP contribution in [0.1, 0.15) is 84.0 Å². The number of hydrogen-bond acceptors (Lipinski definition) is 13. The van der Waals surface area contributed by atoms with E-state index in [0.29, 0.717) is 159 Å². The Morgan fingerprint density at radius 1 is 0.204 bits per heavy atom. The fourth-order valence-corrected chi connectivity index (χ4v) is 4.92. The van der Waals surface area contributed by atoms with Gasteiger partial charge in [-0.3, -0.25) is 0 Å². The van der Waals surface area contributed by atoms with Crippen molar-refractivity contribution in [1.82, 2.24) is 0 Å². The van der Waals surface area contributed by atoms with Crippen LogP contribution in [0.5, 0.6) is 0 Å². The van der Waals surface area contributed by atoms with E-state index in [4.69, 9.17) is 73.2 Å². The lowest BCUT2D eigenvalue weighted by molar-refractivity contribution is -0.0290. The fourth-order valence-electron chi connectivity index (χ4n) is 4.73.